The number of benzene rings is 1. The zero-order chi connectivity index (χ0) is 16.4. The van der Waals surface area contributed by atoms with Crippen LogP contribution < -0.4 is 0 Å². The number of thiazole rings is 1. The molecule has 1 aliphatic heterocycles. The molecule has 0 radical (unpaired) electrons. The predicted octanol–water partition coefficient (Wildman–Crippen LogP) is 5.43. The second-order valence-electron chi connectivity index (χ2n) is 6.21. The van der Waals surface area contributed by atoms with Crippen molar-refractivity contribution < 1.29 is 4.79 Å². The summed E-state index contributed by atoms with van der Waals surface area (Å²) >= 11 is 3.26. The lowest BCUT2D eigenvalue weighted by molar-refractivity contribution is 0.0747. The number of carbonyl (C=O) groups is 1. The van der Waals surface area contributed by atoms with Crippen LogP contribution in [0.4, 0.5) is 0 Å². The molecule has 3 nitrogen and oxygen atoms in total. The molecule has 0 aliphatic carbocycles. The second kappa shape index (κ2) is 7.03. The molecule has 3 aromatic rings. The first kappa shape index (κ1) is 15.8. The quantitative estimate of drug-likeness (QED) is 0.613. The summed E-state index contributed by atoms with van der Waals surface area (Å²) in [7, 11) is 0. The van der Waals surface area contributed by atoms with Gasteiger partial charge in [0.1, 0.15) is 5.01 Å². The minimum Gasteiger partial charge on any atom is -0.338 e. The minimum absolute atomic E-state index is 0.189. The highest BCUT2D eigenvalue weighted by Gasteiger charge is 2.19. The van der Waals surface area contributed by atoms with Crippen molar-refractivity contribution in [1.29, 1.82) is 0 Å². The van der Waals surface area contributed by atoms with Gasteiger partial charge in [0.25, 0.3) is 5.91 Å². The van der Waals surface area contributed by atoms with Crippen molar-refractivity contribution in [3.05, 3.63) is 41.3 Å². The Kier molecular flexibility index (Phi) is 4.63. The van der Waals surface area contributed by atoms with Crippen molar-refractivity contribution in [2.75, 3.05) is 13.1 Å². The van der Waals surface area contributed by atoms with Crippen LogP contribution in [-0.4, -0.2) is 28.9 Å². The monoisotopic (exact) mass is 356 g/mol. The Morgan fingerprint density at radius 2 is 1.67 bits per heavy atom. The van der Waals surface area contributed by atoms with Crippen LogP contribution in [0.1, 0.15) is 41.8 Å². The van der Waals surface area contributed by atoms with Crippen LogP contribution in [-0.2, 0) is 0 Å². The lowest BCUT2D eigenvalue weighted by Crippen LogP contribution is -2.33. The molecular weight excluding hydrogens is 336 g/mol. The fourth-order valence-electron chi connectivity index (χ4n) is 3.15. The van der Waals surface area contributed by atoms with Gasteiger partial charge >= 0.3 is 0 Å². The van der Waals surface area contributed by atoms with E-state index in [1.807, 2.05) is 35.2 Å². The number of nitrogens with zero attached hydrogens (tertiary/aromatic N) is 2. The molecule has 4 rings (SSSR count). The summed E-state index contributed by atoms with van der Waals surface area (Å²) in [4.78, 5) is 21.5. The fraction of sp³-hybridized carbons (Fsp3) is 0.368. The molecule has 5 heteroatoms. The molecule has 2 aromatic heterocycles. The summed E-state index contributed by atoms with van der Waals surface area (Å²) in [5, 5.41) is 1.01. The first-order valence-corrected chi connectivity index (χ1v) is 10.2. The van der Waals surface area contributed by atoms with Crippen LogP contribution in [0.25, 0.3) is 20.1 Å². The molecule has 1 saturated heterocycles. The molecule has 124 valence electrons. The Hall–Kier alpha value is -1.72. The average Bonchev–Trinajstić information content (AvgIpc) is 3.21. The Morgan fingerprint density at radius 3 is 2.46 bits per heavy atom. The summed E-state index contributed by atoms with van der Waals surface area (Å²) in [6.07, 6.45) is 6.04. The van der Waals surface area contributed by atoms with Crippen LogP contribution >= 0.6 is 22.7 Å². The number of amides is 1. The van der Waals surface area contributed by atoms with E-state index in [0.29, 0.717) is 0 Å². The van der Waals surface area contributed by atoms with Gasteiger partial charge in [0.2, 0.25) is 0 Å². The molecule has 0 N–H and O–H groups in total. The van der Waals surface area contributed by atoms with E-state index in [1.165, 1.54) is 24.0 Å². The number of carbonyl (C=O) groups excluding carboxylic acids is 1. The summed E-state index contributed by atoms with van der Waals surface area (Å²) in [6, 6.07) is 12.2. The van der Waals surface area contributed by atoms with Gasteiger partial charge in [0.05, 0.1) is 20.0 Å². The van der Waals surface area contributed by atoms with Crippen LogP contribution in [0.15, 0.2) is 36.4 Å². The fourth-order valence-corrected chi connectivity index (χ4v) is 5.15. The molecule has 0 unspecified atom stereocenters. The van der Waals surface area contributed by atoms with Crippen LogP contribution in [0.2, 0.25) is 0 Å². The normalized spacial score (nSPS) is 16.1. The number of fused-ring (bicyclic) bond motifs is 1. The zero-order valence-corrected chi connectivity index (χ0v) is 15.2. The SMILES string of the molecule is O=C(c1ccc(-c2nc3ccccc3s2)s1)N1CCCCCCC1. The maximum absolute atomic E-state index is 12.8. The third kappa shape index (κ3) is 3.23. The van der Waals surface area contributed by atoms with Crippen molar-refractivity contribution in [2.24, 2.45) is 0 Å². The molecule has 3 heterocycles. The molecule has 0 bridgehead atoms. The third-order valence-electron chi connectivity index (χ3n) is 4.46. The largest absolute Gasteiger partial charge is 0.338 e. The Labute approximate surface area is 150 Å². The molecule has 1 fully saturated rings. The van der Waals surface area contributed by atoms with Crippen molar-refractivity contribution in [2.45, 2.75) is 32.1 Å². The van der Waals surface area contributed by atoms with Gasteiger partial charge in [-0.15, -0.1) is 22.7 Å². The second-order valence-corrected chi connectivity index (χ2v) is 8.33. The molecule has 1 amide bonds. The molecule has 0 saturated carbocycles. The van der Waals surface area contributed by atoms with Crippen LogP contribution in [0.5, 0.6) is 0 Å². The van der Waals surface area contributed by atoms with Gasteiger partial charge < -0.3 is 4.90 Å². The van der Waals surface area contributed by atoms with Crippen molar-refractivity contribution in [3.8, 4) is 9.88 Å². The summed E-state index contributed by atoms with van der Waals surface area (Å²) in [5.74, 6) is 0.189. The molecule has 24 heavy (non-hydrogen) atoms. The number of rotatable bonds is 2. The molecule has 0 atom stereocenters. The number of hydrogen-bond acceptors (Lipinski definition) is 4. The number of hydrogen-bond donors (Lipinski definition) is 0. The van der Waals surface area contributed by atoms with Crippen molar-refractivity contribution in [1.82, 2.24) is 9.88 Å². The van der Waals surface area contributed by atoms with Crippen LogP contribution in [0.3, 0.4) is 0 Å². The average molecular weight is 357 g/mol. The van der Waals surface area contributed by atoms with E-state index in [1.54, 1.807) is 22.7 Å². The van der Waals surface area contributed by atoms with Gasteiger partial charge in [0.15, 0.2) is 0 Å². The number of para-hydroxylation sites is 1. The summed E-state index contributed by atoms with van der Waals surface area (Å²) in [6.45, 7) is 1.79. The lowest BCUT2D eigenvalue weighted by Gasteiger charge is -2.24. The summed E-state index contributed by atoms with van der Waals surface area (Å²) < 4.78 is 1.19. The third-order valence-corrected chi connectivity index (χ3v) is 6.74. The zero-order valence-electron chi connectivity index (χ0n) is 13.5. The Morgan fingerprint density at radius 1 is 0.917 bits per heavy atom. The molecular formula is C19H20N2OS2. The lowest BCUT2D eigenvalue weighted by atomic mass is 10.1. The molecule has 0 spiro atoms. The van der Waals surface area contributed by atoms with Gasteiger partial charge in [0, 0.05) is 13.1 Å². The standard InChI is InChI=1S/C19H20N2OS2/c22-19(21-12-6-2-1-3-7-13-21)17-11-10-16(23-17)18-20-14-8-4-5-9-15(14)24-18/h4-5,8-11H,1-3,6-7,12-13H2. The first-order valence-electron chi connectivity index (χ1n) is 8.56. The van der Waals surface area contributed by atoms with Gasteiger partial charge in [-0.1, -0.05) is 31.4 Å². The van der Waals surface area contributed by atoms with E-state index >= 15 is 0 Å². The number of aromatic nitrogens is 1. The minimum atomic E-state index is 0.189. The van der Waals surface area contributed by atoms with E-state index in [2.05, 4.69) is 6.07 Å². The molecule has 1 aliphatic rings. The first-order chi connectivity index (χ1) is 11.8. The van der Waals surface area contributed by atoms with E-state index < -0.39 is 0 Å². The number of thiophene rings is 1. The Balaban J connectivity index is 1.56. The smallest absolute Gasteiger partial charge is 0.263 e. The van der Waals surface area contributed by atoms with E-state index in [-0.39, 0.29) is 5.91 Å². The van der Waals surface area contributed by atoms with Gasteiger partial charge in [-0.05, 0) is 37.1 Å². The van der Waals surface area contributed by atoms with Gasteiger partial charge in [-0.3, -0.25) is 4.79 Å². The van der Waals surface area contributed by atoms with E-state index in [4.69, 9.17) is 4.98 Å². The Bertz CT molecular complexity index is 811. The maximum atomic E-state index is 12.8. The summed E-state index contributed by atoms with van der Waals surface area (Å²) in [5.41, 5.74) is 1.03. The van der Waals surface area contributed by atoms with Crippen molar-refractivity contribution >= 4 is 38.8 Å². The van der Waals surface area contributed by atoms with E-state index in [0.717, 1.165) is 46.2 Å². The highest BCUT2D eigenvalue weighted by atomic mass is 32.1. The number of likely N-dealkylation sites (tertiary alicyclic amines) is 1. The topological polar surface area (TPSA) is 33.2 Å². The van der Waals surface area contributed by atoms with Gasteiger partial charge in [-0.2, -0.15) is 0 Å². The van der Waals surface area contributed by atoms with Crippen LogP contribution in [0, 0.1) is 0 Å². The maximum Gasteiger partial charge on any atom is 0.263 e. The van der Waals surface area contributed by atoms with Gasteiger partial charge in [-0.25, -0.2) is 4.98 Å². The van der Waals surface area contributed by atoms with E-state index in [9.17, 15) is 4.79 Å². The van der Waals surface area contributed by atoms with Crippen molar-refractivity contribution in [3.63, 3.8) is 0 Å². The highest BCUT2D eigenvalue weighted by molar-refractivity contribution is 7.26. The predicted molar refractivity (Wildman–Crippen MR) is 102 cm³/mol. The highest BCUT2D eigenvalue weighted by Crippen LogP contribution is 2.34. The molecule has 1 aromatic carbocycles.